The summed E-state index contributed by atoms with van der Waals surface area (Å²) in [5.74, 6) is 1.06. The number of hydrogen-bond acceptors (Lipinski definition) is 8. The van der Waals surface area contributed by atoms with E-state index in [-0.39, 0.29) is 23.6 Å². The van der Waals surface area contributed by atoms with Crippen LogP contribution in [0.25, 0.3) is 22.5 Å². The number of rotatable bonds is 24. The number of esters is 2. The van der Waals surface area contributed by atoms with E-state index in [9.17, 15) is 18.4 Å². The zero-order valence-corrected chi connectivity index (χ0v) is 40.8. The van der Waals surface area contributed by atoms with Crippen LogP contribution in [0.15, 0.2) is 121 Å². The second kappa shape index (κ2) is 26.9. The van der Waals surface area contributed by atoms with Gasteiger partial charge in [-0.15, -0.1) is 0 Å². The Balaban J connectivity index is 0.000000254. The van der Waals surface area contributed by atoms with Crippen molar-refractivity contribution in [2.75, 3.05) is 39.6 Å². The fraction of sp³-hybridized carbons (Fsp3) is 0.393. The van der Waals surface area contributed by atoms with Gasteiger partial charge in [0.15, 0.2) is 12.2 Å². The van der Waals surface area contributed by atoms with Crippen molar-refractivity contribution in [1.82, 2.24) is 9.13 Å². The van der Waals surface area contributed by atoms with Gasteiger partial charge in [-0.3, -0.25) is 0 Å². The van der Waals surface area contributed by atoms with Crippen LogP contribution in [-0.4, -0.2) is 72.9 Å². The van der Waals surface area contributed by atoms with E-state index in [4.69, 9.17) is 28.4 Å². The molecule has 0 fully saturated rings. The highest BCUT2D eigenvalue weighted by molar-refractivity contribution is 5.75. The van der Waals surface area contributed by atoms with Gasteiger partial charge < -0.3 is 37.6 Å². The average Bonchev–Trinajstić information content (AvgIpc) is 3.96. The monoisotopic (exact) mass is 934 g/mol. The summed E-state index contributed by atoms with van der Waals surface area (Å²) in [5.41, 5.74) is 8.41. The Labute approximate surface area is 401 Å². The fourth-order valence-electron chi connectivity index (χ4n) is 7.89. The lowest BCUT2D eigenvalue weighted by molar-refractivity contribution is -0.157. The molecule has 0 amide bonds. The van der Waals surface area contributed by atoms with Gasteiger partial charge in [-0.1, -0.05) is 52.0 Å². The van der Waals surface area contributed by atoms with Crippen LogP contribution in [0.1, 0.15) is 89.7 Å². The van der Waals surface area contributed by atoms with E-state index in [1.54, 1.807) is 38.1 Å². The first kappa shape index (κ1) is 52.7. The minimum Gasteiger partial charge on any atom is -0.492 e. The molecule has 0 aliphatic carbocycles. The molecule has 364 valence electrons. The van der Waals surface area contributed by atoms with Crippen LogP contribution in [0, 0.1) is 11.6 Å². The molecule has 2 heterocycles. The summed E-state index contributed by atoms with van der Waals surface area (Å²) in [5, 5.41) is 0. The molecule has 2 aromatic heterocycles. The molecule has 6 aromatic rings. The van der Waals surface area contributed by atoms with Crippen molar-refractivity contribution in [3.63, 3.8) is 0 Å². The Morgan fingerprint density at radius 3 is 1.13 bits per heavy atom. The van der Waals surface area contributed by atoms with Gasteiger partial charge in [0.2, 0.25) is 0 Å². The lowest BCUT2D eigenvalue weighted by Crippen LogP contribution is -2.28. The summed E-state index contributed by atoms with van der Waals surface area (Å²) < 4.78 is 64.6. The molecular weight excluding hydrogens is 867 g/mol. The first-order valence-electron chi connectivity index (χ1n) is 23.8. The Bertz CT molecular complexity index is 2250. The molecule has 68 heavy (non-hydrogen) atoms. The summed E-state index contributed by atoms with van der Waals surface area (Å²) >= 11 is 0. The molecule has 0 aliphatic heterocycles. The van der Waals surface area contributed by atoms with Crippen LogP contribution in [-0.2, 0) is 54.5 Å². The van der Waals surface area contributed by atoms with Gasteiger partial charge >= 0.3 is 11.9 Å². The van der Waals surface area contributed by atoms with Gasteiger partial charge in [0.25, 0.3) is 0 Å². The van der Waals surface area contributed by atoms with Crippen LogP contribution in [0.4, 0.5) is 8.78 Å². The van der Waals surface area contributed by atoms with E-state index >= 15 is 0 Å². The maximum Gasteiger partial charge on any atom is 0.335 e. The summed E-state index contributed by atoms with van der Waals surface area (Å²) in [4.78, 5) is 24.2. The molecule has 0 spiro atoms. The summed E-state index contributed by atoms with van der Waals surface area (Å²) in [6, 6.07) is 36.9. The lowest BCUT2D eigenvalue weighted by atomic mass is 10.1. The highest BCUT2D eigenvalue weighted by Gasteiger charge is 2.22. The van der Waals surface area contributed by atoms with Crippen molar-refractivity contribution >= 4 is 11.9 Å². The van der Waals surface area contributed by atoms with Crippen molar-refractivity contribution in [2.45, 2.75) is 105 Å². The van der Waals surface area contributed by atoms with E-state index in [0.717, 1.165) is 45.1 Å². The predicted molar refractivity (Wildman–Crippen MR) is 263 cm³/mol. The molecule has 2 atom stereocenters. The van der Waals surface area contributed by atoms with Crippen LogP contribution < -0.4 is 9.47 Å². The smallest absolute Gasteiger partial charge is 0.335 e. The molecule has 6 rings (SSSR count). The molecule has 0 bridgehead atoms. The van der Waals surface area contributed by atoms with Crippen LogP contribution in [0.2, 0.25) is 0 Å². The summed E-state index contributed by atoms with van der Waals surface area (Å²) in [7, 11) is 0. The first-order chi connectivity index (χ1) is 32.8. The number of nitrogens with zero attached hydrogens (tertiary/aromatic N) is 2. The standard InChI is InChI=1S/2C28H34FNO4/c2*1-5-32-27(28(31)33-6-2)19-21-7-13-24(14-8-21)34-18-17-30-25(20(3)4)15-16-26(30)22-9-11-23(29)12-10-22/h2*7-16,20,27H,5-6,17-19H2,1-4H3. The summed E-state index contributed by atoms with van der Waals surface area (Å²) in [6.45, 7) is 19.8. The Kier molecular flexibility index (Phi) is 20.9. The molecule has 0 N–H and O–H groups in total. The van der Waals surface area contributed by atoms with E-state index in [1.165, 1.54) is 35.7 Å². The van der Waals surface area contributed by atoms with Gasteiger partial charge in [-0.25, -0.2) is 18.4 Å². The maximum absolute atomic E-state index is 13.4. The van der Waals surface area contributed by atoms with Crippen LogP contribution in [0.5, 0.6) is 11.5 Å². The number of ether oxygens (including phenoxy) is 6. The second-order valence-corrected chi connectivity index (χ2v) is 16.7. The third-order valence-electron chi connectivity index (χ3n) is 11.2. The van der Waals surface area contributed by atoms with Crippen LogP contribution >= 0.6 is 0 Å². The van der Waals surface area contributed by atoms with Crippen molar-refractivity contribution in [1.29, 1.82) is 0 Å². The number of carbonyl (C=O) groups is 2. The Hall–Kier alpha value is -6.24. The number of benzene rings is 4. The van der Waals surface area contributed by atoms with Crippen molar-refractivity contribution < 1.29 is 46.8 Å². The van der Waals surface area contributed by atoms with Gasteiger partial charge in [0.1, 0.15) is 36.3 Å². The lowest BCUT2D eigenvalue weighted by Gasteiger charge is -2.17. The van der Waals surface area contributed by atoms with Gasteiger partial charge in [0, 0.05) is 48.8 Å². The molecule has 12 heteroatoms. The third kappa shape index (κ3) is 15.4. The van der Waals surface area contributed by atoms with Crippen molar-refractivity contribution in [3.05, 3.63) is 155 Å². The zero-order valence-electron chi connectivity index (χ0n) is 40.8. The maximum atomic E-state index is 13.4. The van der Waals surface area contributed by atoms with Gasteiger partial charge in [-0.05, 0) is 159 Å². The molecule has 10 nitrogen and oxygen atoms in total. The molecule has 4 aromatic carbocycles. The topological polar surface area (TPSA) is 99.4 Å². The largest absolute Gasteiger partial charge is 0.492 e. The quantitative estimate of drug-likeness (QED) is 0.0553. The van der Waals surface area contributed by atoms with E-state index in [2.05, 4.69) is 61.1 Å². The molecule has 0 aliphatic rings. The number of aromatic nitrogens is 2. The van der Waals surface area contributed by atoms with Gasteiger partial charge in [-0.2, -0.15) is 0 Å². The van der Waals surface area contributed by atoms with Crippen molar-refractivity contribution in [3.8, 4) is 34.0 Å². The molecule has 0 saturated heterocycles. The zero-order chi connectivity index (χ0) is 49.0. The van der Waals surface area contributed by atoms with Gasteiger partial charge in [0.05, 0.1) is 26.3 Å². The minimum absolute atomic E-state index is 0.243. The van der Waals surface area contributed by atoms with Crippen LogP contribution in [0.3, 0.4) is 0 Å². The number of carbonyl (C=O) groups excluding carboxylic acids is 2. The fourth-order valence-corrected chi connectivity index (χ4v) is 7.89. The Morgan fingerprint density at radius 1 is 0.471 bits per heavy atom. The average molecular weight is 935 g/mol. The normalized spacial score (nSPS) is 12.1. The minimum atomic E-state index is -0.607. The summed E-state index contributed by atoms with van der Waals surface area (Å²) in [6.07, 6.45) is -0.306. The highest BCUT2D eigenvalue weighted by Crippen LogP contribution is 2.29. The highest BCUT2D eigenvalue weighted by atomic mass is 19.1. The number of hydrogen-bond donors (Lipinski definition) is 0. The van der Waals surface area contributed by atoms with E-state index in [1.807, 2.05) is 62.4 Å². The first-order valence-corrected chi connectivity index (χ1v) is 23.8. The molecule has 0 saturated carbocycles. The SMILES string of the molecule is CCOC(=O)C(Cc1ccc(OCCn2c(-c3ccc(F)cc3)ccc2C(C)C)cc1)OCC.CCOC(=O)C(Cc1ccc(OCCn2c(-c3ccc(F)cc3)ccc2C(C)C)cc1)OCC. The van der Waals surface area contributed by atoms with E-state index < -0.39 is 12.2 Å². The predicted octanol–water partition coefficient (Wildman–Crippen LogP) is 12.0. The molecule has 0 radical (unpaired) electrons. The third-order valence-corrected chi connectivity index (χ3v) is 11.2. The number of halogens is 2. The van der Waals surface area contributed by atoms with E-state index in [0.29, 0.717) is 77.4 Å². The second-order valence-electron chi connectivity index (χ2n) is 16.7. The van der Waals surface area contributed by atoms with Crippen molar-refractivity contribution in [2.24, 2.45) is 0 Å². The Morgan fingerprint density at radius 2 is 0.824 bits per heavy atom. The molecular formula is C56H68F2N2O8. The molecule has 2 unspecified atom stereocenters.